The molecule has 0 spiro atoms. The molecule has 1 saturated heterocycles. The van der Waals surface area contributed by atoms with E-state index in [0.29, 0.717) is 6.61 Å². The van der Waals surface area contributed by atoms with Crippen LogP contribution in [-0.2, 0) is 0 Å². The molecule has 0 aromatic heterocycles. The first kappa shape index (κ1) is 15.2. The smallest absolute Gasteiger partial charge is 0.142 e. The fourth-order valence-corrected chi connectivity index (χ4v) is 2.76. The van der Waals surface area contributed by atoms with Gasteiger partial charge >= 0.3 is 0 Å². The highest BCUT2D eigenvalue weighted by Gasteiger charge is 2.09. The summed E-state index contributed by atoms with van der Waals surface area (Å²) >= 11 is 0. The molecule has 3 nitrogen and oxygen atoms in total. The first-order valence-corrected chi connectivity index (χ1v) is 7.99. The van der Waals surface area contributed by atoms with Crippen LogP contribution in [0.4, 0.5) is 5.69 Å². The fraction of sp³-hybridized carbons (Fsp3) is 0.647. The third-order valence-electron chi connectivity index (χ3n) is 3.85. The zero-order valence-electron chi connectivity index (χ0n) is 13.0. The van der Waals surface area contributed by atoms with Crippen molar-refractivity contribution < 1.29 is 4.74 Å². The van der Waals surface area contributed by atoms with Crippen molar-refractivity contribution in [3.8, 4) is 5.75 Å². The second-order valence-electron chi connectivity index (χ2n) is 5.62. The standard InChI is InChI=1S/C17H28N2O/c1-3-20-17-14-15(2)8-9-16(17)18-10-7-13-19-11-5-4-6-12-19/h8-9,14,18H,3-7,10-13H2,1-2H3. The Labute approximate surface area is 123 Å². The van der Waals surface area contributed by atoms with Crippen molar-refractivity contribution in [2.24, 2.45) is 0 Å². The monoisotopic (exact) mass is 276 g/mol. The molecule has 1 aromatic rings. The highest BCUT2D eigenvalue weighted by Crippen LogP contribution is 2.25. The van der Waals surface area contributed by atoms with E-state index in [2.05, 4.69) is 35.3 Å². The number of piperidine rings is 1. The van der Waals surface area contributed by atoms with Gasteiger partial charge in [-0.2, -0.15) is 0 Å². The molecule has 3 heteroatoms. The second-order valence-corrected chi connectivity index (χ2v) is 5.62. The summed E-state index contributed by atoms with van der Waals surface area (Å²) in [5, 5.41) is 3.51. The van der Waals surface area contributed by atoms with Crippen molar-refractivity contribution in [3.63, 3.8) is 0 Å². The molecule has 1 aliphatic heterocycles. The van der Waals surface area contributed by atoms with Crippen LogP contribution in [-0.4, -0.2) is 37.7 Å². The molecule has 1 fully saturated rings. The molecule has 0 saturated carbocycles. The van der Waals surface area contributed by atoms with Crippen LogP contribution in [0.2, 0.25) is 0 Å². The van der Waals surface area contributed by atoms with Gasteiger partial charge in [0.05, 0.1) is 12.3 Å². The summed E-state index contributed by atoms with van der Waals surface area (Å²) in [6.45, 7) is 9.64. The number of nitrogens with zero attached hydrogens (tertiary/aromatic N) is 1. The van der Waals surface area contributed by atoms with Gasteiger partial charge in [0.25, 0.3) is 0 Å². The number of aryl methyl sites for hydroxylation is 1. The molecule has 0 radical (unpaired) electrons. The van der Waals surface area contributed by atoms with Gasteiger partial charge in [-0.05, 0) is 70.4 Å². The molecule has 2 rings (SSSR count). The Kier molecular flexibility index (Phi) is 6.19. The Balaban J connectivity index is 1.75. The first-order chi connectivity index (χ1) is 9.79. The number of nitrogens with one attached hydrogen (secondary N) is 1. The van der Waals surface area contributed by atoms with E-state index in [-0.39, 0.29) is 0 Å². The Morgan fingerprint density at radius 1 is 1.20 bits per heavy atom. The normalized spacial score (nSPS) is 16.1. The molecule has 0 bridgehead atoms. The Bertz CT molecular complexity index is 400. The van der Waals surface area contributed by atoms with E-state index in [9.17, 15) is 0 Å². The molecular formula is C17H28N2O. The minimum absolute atomic E-state index is 0.714. The van der Waals surface area contributed by atoms with Crippen LogP contribution in [0, 0.1) is 6.92 Å². The minimum Gasteiger partial charge on any atom is -0.492 e. The predicted octanol–water partition coefficient (Wildman–Crippen LogP) is 3.68. The number of hydrogen-bond acceptors (Lipinski definition) is 3. The molecule has 1 aromatic carbocycles. The van der Waals surface area contributed by atoms with E-state index in [1.54, 1.807) is 0 Å². The summed E-state index contributed by atoms with van der Waals surface area (Å²) in [5.74, 6) is 0.977. The molecule has 0 aliphatic carbocycles. The number of rotatable bonds is 7. The summed E-state index contributed by atoms with van der Waals surface area (Å²) in [4.78, 5) is 2.59. The van der Waals surface area contributed by atoms with Crippen LogP contribution < -0.4 is 10.1 Å². The van der Waals surface area contributed by atoms with Crippen molar-refractivity contribution in [1.29, 1.82) is 0 Å². The van der Waals surface area contributed by atoms with E-state index in [1.807, 2.05) is 6.92 Å². The van der Waals surface area contributed by atoms with Gasteiger partial charge in [0, 0.05) is 6.54 Å². The number of benzene rings is 1. The van der Waals surface area contributed by atoms with Gasteiger partial charge in [-0.1, -0.05) is 12.5 Å². The molecule has 1 heterocycles. The summed E-state index contributed by atoms with van der Waals surface area (Å²) in [6, 6.07) is 6.37. The summed E-state index contributed by atoms with van der Waals surface area (Å²) in [7, 11) is 0. The highest BCUT2D eigenvalue weighted by atomic mass is 16.5. The lowest BCUT2D eigenvalue weighted by atomic mass is 10.1. The highest BCUT2D eigenvalue weighted by molar-refractivity contribution is 5.57. The van der Waals surface area contributed by atoms with E-state index < -0.39 is 0 Å². The number of ether oxygens (including phenoxy) is 1. The SMILES string of the molecule is CCOc1cc(C)ccc1NCCCN1CCCCC1. The molecule has 1 N–H and O–H groups in total. The van der Waals surface area contributed by atoms with Crippen LogP contribution in [0.3, 0.4) is 0 Å². The van der Waals surface area contributed by atoms with Gasteiger partial charge in [-0.3, -0.25) is 0 Å². The van der Waals surface area contributed by atoms with Crippen molar-refractivity contribution in [2.75, 3.05) is 38.1 Å². The second kappa shape index (κ2) is 8.15. The number of likely N-dealkylation sites (tertiary alicyclic amines) is 1. The van der Waals surface area contributed by atoms with Crippen molar-refractivity contribution in [1.82, 2.24) is 4.90 Å². The molecule has 0 unspecified atom stereocenters. The summed E-state index contributed by atoms with van der Waals surface area (Å²) in [6.07, 6.45) is 5.36. The molecule has 112 valence electrons. The average molecular weight is 276 g/mol. The van der Waals surface area contributed by atoms with Crippen LogP contribution in [0.5, 0.6) is 5.75 Å². The number of anilines is 1. The summed E-state index contributed by atoms with van der Waals surface area (Å²) < 4.78 is 5.69. The maximum absolute atomic E-state index is 5.69. The third-order valence-corrected chi connectivity index (χ3v) is 3.85. The zero-order chi connectivity index (χ0) is 14.2. The largest absolute Gasteiger partial charge is 0.492 e. The van der Waals surface area contributed by atoms with E-state index in [4.69, 9.17) is 4.74 Å². The quantitative estimate of drug-likeness (QED) is 0.769. The van der Waals surface area contributed by atoms with Gasteiger partial charge in [0.2, 0.25) is 0 Å². The molecular weight excluding hydrogens is 248 g/mol. The van der Waals surface area contributed by atoms with Gasteiger partial charge in [0.15, 0.2) is 0 Å². The Morgan fingerprint density at radius 3 is 2.75 bits per heavy atom. The Hall–Kier alpha value is -1.22. The van der Waals surface area contributed by atoms with Crippen molar-refractivity contribution in [2.45, 2.75) is 39.5 Å². The van der Waals surface area contributed by atoms with Crippen molar-refractivity contribution in [3.05, 3.63) is 23.8 Å². The predicted molar refractivity (Wildman–Crippen MR) is 85.7 cm³/mol. The fourth-order valence-electron chi connectivity index (χ4n) is 2.76. The van der Waals surface area contributed by atoms with Crippen LogP contribution in [0.1, 0.15) is 38.2 Å². The first-order valence-electron chi connectivity index (χ1n) is 7.99. The number of hydrogen-bond donors (Lipinski definition) is 1. The molecule has 0 atom stereocenters. The van der Waals surface area contributed by atoms with Gasteiger partial charge in [0.1, 0.15) is 5.75 Å². The molecule has 0 amide bonds. The maximum Gasteiger partial charge on any atom is 0.142 e. The lowest BCUT2D eigenvalue weighted by Gasteiger charge is -2.26. The lowest BCUT2D eigenvalue weighted by molar-refractivity contribution is 0.228. The van der Waals surface area contributed by atoms with Gasteiger partial charge < -0.3 is 15.0 Å². The van der Waals surface area contributed by atoms with E-state index >= 15 is 0 Å². The van der Waals surface area contributed by atoms with E-state index in [0.717, 1.165) is 18.0 Å². The molecule has 1 aliphatic rings. The topological polar surface area (TPSA) is 24.5 Å². The van der Waals surface area contributed by atoms with Crippen LogP contribution in [0.25, 0.3) is 0 Å². The Morgan fingerprint density at radius 2 is 2.00 bits per heavy atom. The third kappa shape index (κ3) is 4.71. The van der Waals surface area contributed by atoms with Gasteiger partial charge in [-0.25, -0.2) is 0 Å². The molecule has 20 heavy (non-hydrogen) atoms. The zero-order valence-corrected chi connectivity index (χ0v) is 13.0. The minimum atomic E-state index is 0.714. The lowest BCUT2D eigenvalue weighted by Crippen LogP contribution is -2.31. The average Bonchev–Trinajstić information content (AvgIpc) is 2.47. The maximum atomic E-state index is 5.69. The van der Waals surface area contributed by atoms with Crippen molar-refractivity contribution >= 4 is 5.69 Å². The van der Waals surface area contributed by atoms with Gasteiger partial charge in [-0.15, -0.1) is 0 Å². The summed E-state index contributed by atoms with van der Waals surface area (Å²) in [5.41, 5.74) is 2.36. The van der Waals surface area contributed by atoms with E-state index in [1.165, 1.54) is 50.9 Å². The van der Waals surface area contributed by atoms with Crippen LogP contribution in [0.15, 0.2) is 18.2 Å². The van der Waals surface area contributed by atoms with Crippen LogP contribution >= 0.6 is 0 Å².